The first-order valence-electron chi connectivity index (χ1n) is 12.3. The number of aromatic nitrogens is 2. The summed E-state index contributed by atoms with van der Waals surface area (Å²) in [6, 6.07) is 14.4. The Labute approximate surface area is 202 Å². The number of hydrogen-bond donors (Lipinski definition) is 0. The zero-order chi connectivity index (χ0) is 24.4. The topological polar surface area (TPSA) is 50.5 Å². The molecule has 6 heteroatoms. The minimum atomic E-state index is -0.0296. The van der Waals surface area contributed by atoms with E-state index in [-0.39, 0.29) is 17.6 Å². The molecule has 1 amide bonds. The van der Waals surface area contributed by atoms with Gasteiger partial charge in [0.2, 0.25) is 5.91 Å². The van der Waals surface area contributed by atoms with Gasteiger partial charge >= 0.3 is 5.69 Å². The second-order valence-electron chi connectivity index (χ2n) is 9.45. The standard InChI is InChI=1S/C28H36N4O2/c1-6-27(33)32(24-12-11-21(4)22(5)19-24)23-13-15-29(16-14-23)17-18-30-25-9-7-8-10-26(25)31(20(2)3)28(30)34/h7-12,19,23H,2,6,13-18H2,1,3-5H3. The summed E-state index contributed by atoms with van der Waals surface area (Å²) in [4.78, 5) is 30.4. The number of benzene rings is 2. The van der Waals surface area contributed by atoms with Crippen LogP contribution in [0.1, 0.15) is 44.2 Å². The van der Waals surface area contributed by atoms with Gasteiger partial charge in [0.25, 0.3) is 0 Å². The zero-order valence-corrected chi connectivity index (χ0v) is 20.9. The van der Waals surface area contributed by atoms with Crippen molar-refractivity contribution in [2.24, 2.45) is 0 Å². The number of carbonyl (C=O) groups excluding carboxylic acids is 1. The van der Waals surface area contributed by atoms with Crippen LogP contribution < -0.4 is 10.6 Å². The summed E-state index contributed by atoms with van der Waals surface area (Å²) in [5.74, 6) is 0.181. The largest absolute Gasteiger partial charge is 0.333 e. The van der Waals surface area contributed by atoms with E-state index in [1.54, 1.807) is 4.57 Å². The normalized spacial score (nSPS) is 15.1. The van der Waals surface area contributed by atoms with Crippen LogP contribution in [0.15, 0.2) is 53.8 Å². The summed E-state index contributed by atoms with van der Waals surface area (Å²) in [5.41, 5.74) is 6.01. The molecular weight excluding hydrogens is 424 g/mol. The highest BCUT2D eigenvalue weighted by molar-refractivity contribution is 5.94. The van der Waals surface area contributed by atoms with Crippen molar-refractivity contribution in [2.45, 2.75) is 59.5 Å². The van der Waals surface area contributed by atoms with Crippen LogP contribution in [0.2, 0.25) is 0 Å². The number of imidazole rings is 1. The van der Waals surface area contributed by atoms with Gasteiger partial charge in [-0.2, -0.15) is 0 Å². The molecule has 180 valence electrons. The number of para-hydroxylation sites is 2. The predicted octanol–water partition coefficient (Wildman–Crippen LogP) is 4.82. The number of carbonyl (C=O) groups is 1. The van der Waals surface area contributed by atoms with Gasteiger partial charge in [-0.25, -0.2) is 4.79 Å². The molecule has 1 aromatic heterocycles. The van der Waals surface area contributed by atoms with E-state index in [0.717, 1.165) is 54.9 Å². The first-order valence-corrected chi connectivity index (χ1v) is 12.3. The average Bonchev–Trinajstić information content (AvgIpc) is 3.12. The Morgan fingerprint density at radius 3 is 2.32 bits per heavy atom. The molecule has 4 rings (SSSR count). The van der Waals surface area contributed by atoms with Crippen LogP contribution in [0.25, 0.3) is 16.7 Å². The molecule has 0 spiro atoms. The summed E-state index contributed by atoms with van der Waals surface area (Å²) in [6.07, 6.45) is 2.37. The van der Waals surface area contributed by atoms with Crippen molar-refractivity contribution in [3.8, 4) is 0 Å². The van der Waals surface area contributed by atoms with Gasteiger partial charge in [-0.15, -0.1) is 0 Å². The Bertz CT molecular complexity index is 1260. The van der Waals surface area contributed by atoms with E-state index >= 15 is 0 Å². The van der Waals surface area contributed by atoms with Crippen molar-refractivity contribution in [1.82, 2.24) is 14.0 Å². The first-order chi connectivity index (χ1) is 16.3. The smallest absolute Gasteiger partial charge is 0.309 e. The SMILES string of the molecule is C=C(C)n1c(=O)n(CCN2CCC(N(C(=O)CC)c3ccc(C)c(C)c3)CC2)c2ccccc21. The van der Waals surface area contributed by atoms with E-state index in [4.69, 9.17) is 0 Å². The third-order valence-corrected chi connectivity index (χ3v) is 7.12. The van der Waals surface area contributed by atoms with E-state index in [0.29, 0.717) is 13.0 Å². The van der Waals surface area contributed by atoms with Gasteiger partial charge in [0.15, 0.2) is 0 Å². The van der Waals surface area contributed by atoms with Gasteiger partial charge in [0.1, 0.15) is 0 Å². The van der Waals surface area contributed by atoms with Crippen LogP contribution in [0, 0.1) is 13.8 Å². The first kappa shape index (κ1) is 24.0. The summed E-state index contributed by atoms with van der Waals surface area (Å²) in [6.45, 7) is 15.3. The highest BCUT2D eigenvalue weighted by Crippen LogP contribution is 2.27. The number of anilines is 1. The van der Waals surface area contributed by atoms with Crippen LogP contribution >= 0.6 is 0 Å². The van der Waals surface area contributed by atoms with Crippen LogP contribution in [0.5, 0.6) is 0 Å². The molecule has 6 nitrogen and oxygen atoms in total. The average molecular weight is 461 g/mol. The van der Waals surface area contributed by atoms with Crippen molar-refractivity contribution in [3.63, 3.8) is 0 Å². The maximum Gasteiger partial charge on any atom is 0.333 e. The van der Waals surface area contributed by atoms with Crippen molar-refractivity contribution < 1.29 is 4.79 Å². The second-order valence-corrected chi connectivity index (χ2v) is 9.45. The summed E-state index contributed by atoms with van der Waals surface area (Å²) in [5, 5.41) is 0. The number of likely N-dealkylation sites (tertiary alicyclic amines) is 1. The van der Waals surface area contributed by atoms with Crippen molar-refractivity contribution in [2.75, 3.05) is 24.5 Å². The van der Waals surface area contributed by atoms with Crippen LogP contribution in [-0.4, -0.2) is 45.6 Å². The molecule has 0 N–H and O–H groups in total. The monoisotopic (exact) mass is 460 g/mol. The highest BCUT2D eigenvalue weighted by Gasteiger charge is 2.28. The second kappa shape index (κ2) is 10.0. The quantitative estimate of drug-likeness (QED) is 0.508. The number of fused-ring (bicyclic) bond motifs is 1. The molecular formula is C28H36N4O2. The van der Waals surface area contributed by atoms with Gasteiger partial charge in [-0.05, 0) is 69.0 Å². The molecule has 1 saturated heterocycles. The Kier molecular flexibility index (Phi) is 7.08. The van der Waals surface area contributed by atoms with Gasteiger partial charge in [-0.1, -0.05) is 31.7 Å². The summed E-state index contributed by atoms with van der Waals surface area (Å²) < 4.78 is 3.55. The fraction of sp³-hybridized carbons (Fsp3) is 0.429. The van der Waals surface area contributed by atoms with Crippen LogP contribution in [-0.2, 0) is 11.3 Å². The number of piperidine rings is 1. The van der Waals surface area contributed by atoms with E-state index in [2.05, 4.69) is 43.5 Å². The minimum absolute atomic E-state index is 0.0296. The molecule has 0 radical (unpaired) electrons. The lowest BCUT2D eigenvalue weighted by Crippen LogP contribution is -2.48. The van der Waals surface area contributed by atoms with E-state index in [9.17, 15) is 9.59 Å². The molecule has 0 bridgehead atoms. The molecule has 0 unspecified atom stereocenters. The predicted molar refractivity (Wildman–Crippen MR) is 140 cm³/mol. The molecule has 2 heterocycles. The van der Waals surface area contributed by atoms with Crippen LogP contribution in [0.3, 0.4) is 0 Å². The van der Waals surface area contributed by atoms with Gasteiger partial charge in [0, 0.05) is 50.0 Å². The number of aryl methyl sites for hydroxylation is 2. The summed E-state index contributed by atoms with van der Waals surface area (Å²) in [7, 11) is 0. The fourth-order valence-electron chi connectivity index (χ4n) is 5.04. The molecule has 3 aromatic rings. The number of allylic oxidation sites excluding steroid dienone is 1. The third-order valence-electron chi connectivity index (χ3n) is 7.12. The van der Waals surface area contributed by atoms with E-state index in [1.165, 1.54) is 11.1 Å². The van der Waals surface area contributed by atoms with Crippen molar-refractivity contribution in [3.05, 3.63) is 70.7 Å². The van der Waals surface area contributed by atoms with Crippen molar-refractivity contribution in [1.29, 1.82) is 0 Å². The molecule has 1 fully saturated rings. The number of hydrogen-bond acceptors (Lipinski definition) is 3. The third kappa shape index (κ3) is 4.60. The lowest BCUT2D eigenvalue weighted by atomic mass is 10.0. The number of amides is 1. The molecule has 0 aliphatic carbocycles. The maximum absolute atomic E-state index is 13.1. The van der Waals surface area contributed by atoms with Crippen LogP contribution in [0.4, 0.5) is 5.69 Å². The highest BCUT2D eigenvalue weighted by atomic mass is 16.2. The van der Waals surface area contributed by atoms with Crippen molar-refractivity contribution >= 4 is 28.3 Å². The lowest BCUT2D eigenvalue weighted by Gasteiger charge is -2.38. The molecule has 0 atom stereocenters. The number of nitrogens with zero attached hydrogens (tertiary/aromatic N) is 4. The Balaban J connectivity index is 1.45. The molecule has 34 heavy (non-hydrogen) atoms. The molecule has 2 aromatic carbocycles. The van der Waals surface area contributed by atoms with E-state index in [1.807, 2.05) is 47.6 Å². The van der Waals surface area contributed by atoms with Gasteiger partial charge < -0.3 is 9.80 Å². The molecule has 0 saturated carbocycles. The lowest BCUT2D eigenvalue weighted by molar-refractivity contribution is -0.119. The zero-order valence-electron chi connectivity index (χ0n) is 20.9. The maximum atomic E-state index is 13.1. The molecule has 1 aliphatic rings. The Morgan fingerprint density at radius 2 is 1.71 bits per heavy atom. The van der Waals surface area contributed by atoms with Gasteiger partial charge in [-0.3, -0.25) is 13.9 Å². The fourth-order valence-corrected chi connectivity index (χ4v) is 5.04. The Morgan fingerprint density at radius 1 is 1.03 bits per heavy atom. The van der Waals surface area contributed by atoms with E-state index < -0.39 is 0 Å². The minimum Gasteiger partial charge on any atom is -0.309 e. The van der Waals surface area contributed by atoms with Gasteiger partial charge in [0.05, 0.1) is 11.0 Å². The Hall–Kier alpha value is -3.12. The molecule has 1 aliphatic heterocycles. The number of rotatable bonds is 7. The summed E-state index contributed by atoms with van der Waals surface area (Å²) >= 11 is 0.